The number of carbonyl (C=O) groups is 2. The molecule has 0 radical (unpaired) electrons. The predicted octanol–water partition coefficient (Wildman–Crippen LogP) is 1.31. The Bertz CT molecular complexity index is 359. The average Bonchev–Trinajstić information content (AvgIpc) is 2.40. The molecule has 6 heteroatoms. The van der Waals surface area contributed by atoms with E-state index in [1.807, 2.05) is 0 Å². The Hall–Kier alpha value is -1.17. The molecule has 2 rings (SSSR count). The molecule has 2 unspecified atom stereocenters. The number of allylic oxidation sites excluding steroid dienone is 1. The number of urea groups is 1. The third-order valence-corrected chi connectivity index (χ3v) is 4.29. The van der Waals surface area contributed by atoms with Crippen LogP contribution in [-0.2, 0) is 4.79 Å². The van der Waals surface area contributed by atoms with E-state index in [1.165, 1.54) is 4.90 Å². The lowest BCUT2D eigenvalue weighted by atomic mass is 10.0. The number of thioether (sulfide) groups is 1. The molecule has 1 aliphatic carbocycles. The number of nitrogens with zero attached hydrogens (tertiary/aromatic N) is 1. The molecule has 1 heterocycles. The Labute approximate surface area is 111 Å². The lowest BCUT2D eigenvalue weighted by Crippen LogP contribution is -2.55. The topological polar surface area (TPSA) is 69.6 Å². The minimum atomic E-state index is -0.916. The van der Waals surface area contributed by atoms with Crippen LogP contribution in [0.4, 0.5) is 4.79 Å². The molecule has 1 saturated heterocycles. The van der Waals surface area contributed by atoms with E-state index >= 15 is 0 Å². The van der Waals surface area contributed by atoms with Gasteiger partial charge < -0.3 is 15.3 Å². The van der Waals surface area contributed by atoms with E-state index in [1.54, 1.807) is 11.8 Å². The number of carboxylic acids is 1. The zero-order valence-electron chi connectivity index (χ0n) is 10.2. The Morgan fingerprint density at radius 3 is 2.89 bits per heavy atom. The molecular formula is C12H18N2O3S. The van der Waals surface area contributed by atoms with Gasteiger partial charge in [0, 0.05) is 24.1 Å². The highest BCUT2D eigenvalue weighted by Crippen LogP contribution is 2.18. The number of nitrogens with one attached hydrogen (secondary N) is 1. The molecule has 5 nitrogen and oxygen atoms in total. The van der Waals surface area contributed by atoms with E-state index in [9.17, 15) is 9.59 Å². The standard InChI is InChI=1S/C12H18N2O3S/c15-11(16)10-8-18-7-6-14(10)12(17)13-9-4-2-1-3-5-9/h1-2,9-10H,3-8H2,(H,13,17)(H,15,16). The molecule has 0 saturated carbocycles. The lowest BCUT2D eigenvalue weighted by molar-refractivity contribution is -0.141. The Morgan fingerprint density at radius 2 is 2.22 bits per heavy atom. The monoisotopic (exact) mass is 270 g/mol. The molecule has 1 fully saturated rings. The summed E-state index contributed by atoms with van der Waals surface area (Å²) in [6, 6.07) is -0.780. The summed E-state index contributed by atoms with van der Waals surface area (Å²) in [5.74, 6) is 0.371. The Kier molecular flexibility index (Phi) is 4.52. The average molecular weight is 270 g/mol. The van der Waals surface area contributed by atoms with Gasteiger partial charge in [0.25, 0.3) is 0 Å². The van der Waals surface area contributed by atoms with Gasteiger partial charge in [0.05, 0.1) is 0 Å². The summed E-state index contributed by atoms with van der Waals surface area (Å²) in [5.41, 5.74) is 0. The van der Waals surface area contributed by atoms with Crippen LogP contribution in [0.25, 0.3) is 0 Å². The van der Waals surface area contributed by atoms with Gasteiger partial charge in [-0.2, -0.15) is 11.8 Å². The first-order chi connectivity index (χ1) is 8.68. The van der Waals surface area contributed by atoms with Crippen molar-refractivity contribution in [3.63, 3.8) is 0 Å². The predicted molar refractivity (Wildman–Crippen MR) is 70.8 cm³/mol. The van der Waals surface area contributed by atoms with Gasteiger partial charge in [-0.05, 0) is 19.3 Å². The van der Waals surface area contributed by atoms with Crippen molar-refractivity contribution in [3.8, 4) is 0 Å². The maximum atomic E-state index is 12.1. The van der Waals surface area contributed by atoms with Crippen molar-refractivity contribution in [2.24, 2.45) is 0 Å². The maximum Gasteiger partial charge on any atom is 0.327 e. The summed E-state index contributed by atoms with van der Waals surface area (Å²) in [5, 5.41) is 12.1. The SMILES string of the molecule is O=C(O)C1CSCCN1C(=O)NC1CC=CCC1. The first kappa shape index (κ1) is 13.3. The van der Waals surface area contributed by atoms with Gasteiger partial charge in [0.15, 0.2) is 0 Å². The van der Waals surface area contributed by atoms with Gasteiger partial charge >= 0.3 is 12.0 Å². The van der Waals surface area contributed by atoms with Gasteiger partial charge in [-0.25, -0.2) is 9.59 Å². The van der Waals surface area contributed by atoms with Crippen molar-refractivity contribution in [2.75, 3.05) is 18.1 Å². The highest BCUT2D eigenvalue weighted by molar-refractivity contribution is 7.99. The summed E-state index contributed by atoms with van der Waals surface area (Å²) in [6.45, 7) is 0.510. The molecule has 0 aromatic carbocycles. The Morgan fingerprint density at radius 1 is 1.39 bits per heavy atom. The van der Waals surface area contributed by atoms with Crippen LogP contribution in [0.2, 0.25) is 0 Å². The van der Waals surface area contributed by atoms with E-state index in [0.29, 0.717) is 12.3 Å². The molecule has 1 aliphatic heterocycles. The second-order valence-electron chi connectivity index (χ2n) is 4.55. The number of aliphatic carboxylic acids is 1. The van der Waals surface area contributed by atoms with E-state index in [2.05, 4.69) is 17.5 Å². The van der Waals surface area contributed by atoms with Gasteiger partial charge in [0.1, 0.15) is 6.04 Å². The zero-order chi connectivity index (χ0) is 13.0. The highest BCUT2D eigenvalue weighted by Gasteiger charge is 2.33. The molecule has 2 aliphatic rings. The first-order valence-electron chi connectivity index (χ1n) is 6.21. The van der Waals surface area contributed by atoms with E-state index < -0.39 is 12.0 Å². The summed E-state index contributed by atoms with van der Waals surface area (Å²) in [7, 11) is 0. The molecule has 2 atom stereocenters. The molecular weight excluding hydrogens is 252 g/mol. The number of carboxylic acid groups (broad SMARTS) is 1. The smallest absolute Gasteiger partial charge is 0.327 e. The molecule has 2 amide bonds. The van der Waals surface area contributed by atoms with Crippen molar-refractivity contribution in [1.82, 2.24) is 10.2 Å². The number of rotatable bonds is 2. The highest BCUT2D eigenvalue weighted by atomic mass is 32.2. The van der Waals surface area contributed by atoms with Gasteiger partial charge in [0.2, 0.25) is 0 Å². The summed E-state index contributed by atoms with van der Waals surface area (Å²) >= 11 is 1.58. The van der Waals surface area contributed by atoms with E-state index in [-0.39, 0.29) is 12.1 Å². The third kappa shape index (κ3) is 3.19. The largest absolute Gasteiger partial charge is 0.480 e. The van der Waals surface area contributed by atoms with Gasteiger partial charge in [-0.3, -0.25) is 0 Å². The maximum absolute atomic E-state index is 12.1. The van der Waals surface area contributed by atoms with Crippen LogP contribution >= 0.6 is 11.8 Å². The van der Waals surface area contributed by atoms with Crippen molar-refractivity contribution < 1.29 is 14.7 Å². The van der Waals surface area contributed by atoms with Crippen molar-refractivity contribution in [1.29, 1.82) is 0 Å². The minimum Gasteiger partial charge on any atom is -0.480 e. The molecule has 0 spiro atoms. The second-order valence-corrected chi connectivity index (χ2v) is 5.70. The molecule has 100 valence electrons. The molecule has 0 aromatic heterocycles. The van der Waals surface area contributed by atoms with Crippen LogP contribution in [0, 0.1) is 0 Å². The fraction of sp³-hybridized carbons (Fsp3) is 0.667. The van der Waals surface area contributed by atoms with Crippen LogP contribution in [0.15, 0.2) is 12.2 Å². The molecule has 18 heavy (non-hydrogen) atoms. The Balaban J connectivity index is 1.93. The summed E-state index contributed by atoms with van der Waals surface area (Å²) in [6.07, 6.45) is 6.92. The molecule has 0 bridgehead atoms. The van der Waals surface area contributed by atoms with E-state index in [4.69, 9.17) is 5.11 Å². The number of amides is 2. The van der Waals surface area contributed by atoms with Crippen LogP contribution in [0.3, 0.4) is 0 Å². The fourth-order valence-corrected chi connectivity index (χ4v) is 3.27. The van der Waals surface area contributed by atoms with E-state index in [0.717, 1.165) is 25.0 Å². The number of hydrogen-bond acceptors (Lipinski definition) is 3. The summed E-state index contributed by atoms with van der Waals surface area (Å²) < 4.78 is 0. The van der Waals surface area contributed by atoms with Crippen LogP contribution in [0.1, 0.15) is 19.3 Å². The third-order valence-electron chi connectivity index (χ3n) is 3.27. The molecule has 0 aromatic rings. The van der Waals surface area contributed by atoms with Crippen LogP contribution in [-0.4, -0.2) is 52.1 Å². The quantitative estimate of drug-likeness (QED) is 0.742. The van der Waals surface area contributed by atoms with Crippen molar-refractivity contribution in [3.05, 3.63) is 12.2 Å². The second kappa shape index (κ2) is 6.13. The summed E-state index contributed by atoms with van der Waals surface area (Å²) in [4.78, 5) is 24.7. The lowest BCUT2D eigenvalue weighted by Gasteiger charge is -2.34. The number of hydrogen-bond donors (Lipinski definition) is 2. The van der Waals surface area contributed by atoms with Crippen molar-refractivity contribution in [2.45, 2.75) is 31.3 Å². The van der Waals surface area contributed by atoms with Crippen LogP contribution in [0.5, 0.6) is 0 Å². The van der Waals surface area contributed by atoms with Gasteiger partial charge in [-0.15, -0.1) is 0 Å². The van der Waals surface area contributed by atoms with Gasteiger partial charge in [-0.1, -0.05) is 12.2 Å². The van der Waals surface area contributed by atoms with Crippen molar-refractivity contribution >= 4 is 23.8 Å². The van der Waals surface area contributed by atoms with Crippen LogP contribution < -0.4 is 5.32 Å². The first-order valence-corrected chi connectivity index (χ1v) is 7.36. The minimum absolute atomic E-state index is 0.145. The normalized spacial score (nSPS) is 27.9. The fourth-order valence-electron chi connectivity index (χ4n) is 2.23. The zero-order valence-corrected chi connectivity index (χ0v) is 11.0. The number of carbonyl (C=O) groups excluding carboxylic acids is 1. The molecule has 2 N–H and O–H groups in total.